The summed E-state index contributed by atoms with van der Waals surface area (Å²) in [6.07, 6.45) is 1.10. The van der Waals surface area contributed by atoms with E-state index in [1.165, 1.54) is 24.3 Å². The Hall–Kier alpha value is -2.96. The highest BCUT2D eigenvalue weighted by Crippen LogP contribution is 2.26. The molecular formula is C18H17F2N3O2. The van der Waals surface area contributed by atoms with Gasteiger partial charge in [-0.05, 0) is 55.3 Å². The van der Waals surface area contributed by atoms with Crippen molar-refractivity contribution in [1.82, 2.24) is 10.2 Å². The van der Waals surface area contributed by atoms with Crippen molar-refractivity contribution >= 4 is 22.6 Å². The fraction of sp³-hybridized carbons (Fsp3) is 0.222. The summed E-state index contributed by atoms with van der Waals surface area (Å²) in [5.41, 5.74) is 1.07. The van der Waals surface area contributed by atoms with Gasteiger partial charge in [0.15, 0.2) is 5.82 Å². The second kappa shape index (κ2) is 7.74. The molecule has 0 radical (unpaired) electrons. The van der Waals surface area contributed by atoms with Crippen LogP contribution in [0.25, 0.3) is 10.9 Å². The molecule has 0 atom stereocenters. The first-order valence-electron chi connectivity index (χ1n) is 7.91. The van der Waals surface area contributed by atoms with Crippen molar-refractivity contribution in [2.24, 2.45) is 0 Å². The van der Waals surface area contributed by atoms with Crippen LogP contribution in [0.4, 0.5) is 14.6 Å². The molecule has 0 bridgehead atoms. The zero-order chi connectivity index (χ0) is 17.6. The summed E-state index contributed by atoms with van der Waals surface area (Å²) in [6.45, 7) is 0.0637. The highest BCUT2D eigenvalue weighted by Gasteiger charge is 2.12. The fourth-order valence-electron chi connectivity index (χ4n) is 2.35. The molecule has 0 spiro atoms. The number of hydrogen-bond donors (Lipinski definition) is 2. The van der Waals surface area contributed by atoms with E-state index in [0.29, 0.717) is 42.0 Å². The Morgan fingerprint density at radius 3 is 2.72 bits per heavy atom. The molecule has 1 aromatic heterocycles. The lowest BCUT2D eigenvalue weighted by Crippen LogP contribution is -2.12. The number of alkyl halides is 1. The topological polar surface area (TPSA) is 67.0 Å². The minimum absolute atomic E-state index is 0.330. The van der Waals surface area contributed by atoms with E-state index >= 15 is 0 Å². The first-order valence-corrected chi connectivity index (χ1v) is 7.91. The van der Waals surface area contributed by atoms with Gasteiger partial charge in [-0.2, -0.15) is 5.10 Å². The highest BCUT2D eigenvalue weighted by atomic mass is 19.1. The molecule has 0 fully saturated rings. The van der Waals surface area contributed by atoms with Crippen molar-refractivity contribution in [3.63, 3.8) is 0 Å². The van der Waals surface area contributed by atoms with Gasteiger partial charge in [-0.1, -0.05) is 0 Å². The number of nitrogens with zero attached hydrogens (tertiary/aromatic N) is 1. The summed E-state index contributed by atoms with van der Waals surface area (Å²) in [5.74, 6) is 0.183. The van der Waals surface area contributed by atoms with Gasteiger partial charge in [-0.15, -0.1) is 0 Å². The molecule has 2 N–H and O–H groups in total. The fourth-order valence-corrected chi connectivity index (χ4v) is 2.35. The third-order valence-electron chi connectivity index (χ3n) is 3.67. The summed E-state index contributed by atoms with van der Waals surface area (Å²) in [4.78, 5) is 12.2. The Morgan fingerprint density at radius 2 is 1.96 bits per heavy atom. The molecule has 0 unspecified atom stereocenters. The van der Waals surface area contributed by atoms with Gasteiger partial charge < -0.3 is 10.1 Å². The van der Waals surface area contributed by atoms with Gasteiger partial charge in [-0.25, -0.2) is 4.39 Å². The summed E-state index contributed by atoms with van der Waals surface area (Å²) in [7, 11) is 0. The van der Waals surface area contributed by atoms with Gasteiger partial charge in [-0.3, -0.25) is 14.3 Å². The van der Waals surface area contributed by atoms with Gasteiger partial charge in [0.2, 0.25) is 0 Å². The third kappa shape index (κ3) is 4.12. The van der Waals surface area contributed by atoms with E-state index in [-0.39, 0.29) is 12.6 Å². The molecule has 3 aromatic rings. The first kappa shape index (κ1) is 16.9. The second-order valence-electron chi connectivity index (χ2n) is 5.49. The van der Waals surface area contributed by atoms with E-state index in [1.807, 2.05) is 0 Å². The first-order chi connectivity index (χ1) is 12.2. The average Bonchev–Trinajstić information content (AvgIpc) is 3.01. The number of unbranched alkanes of at least 4 members (excludes halogenated alkanes) is 1. The highest BCUT2D eigenvalue weighted by molar-refractivity contribution is 6.07. The number of aromatic amines is 1. The third-order valence-corrected chi connectivity index (χ3v) is 3.67. The second-order valence-corrected chi connectivity index (χ2v) is 5.49. The Labute approximate surface area is 143 Å². The predicted octanol–water partition coefficient (Wildman–Crippen LogP) is 4.08. The van der Waals surface area contributed by atoms with Crippen LogP contribution in [0.5, 0.6) is 5.75 Å². The molecule has 5 nitrogen and oxygen atoms in total. The van der Waals surface area contributed by atoms with Crippen LogP contribution < -0.4 is 10.1 Å². The molecule has 0 aliphatic heterocycles. The summed E-state index contributed by atoms with van der Waals surface area (Å²) < 4.78 is 30.6. The number of carbonyl (C=O) groups excluding carboxylic acids is 1. The lowest BCUT2D eigenvalue weighted by atomic mass is 10.2. The number of amides is 1. The van der Waals surface area contributed by atoms with Crippen LogP contribution in [-0.4, -0.2) is 29.4 Å². The molecule has 0 aliphatic rings. The Balaban J connectivity index is 1.74. The smallest absolute Gasteiger partial charge is 0.256 e. The average molecular weight is 345 g/mol. The van der Waals surface area contributed by atoms with Gasteiger partial charge in [0.25, 0.3) is 5.91 Å². The van der Waals surface area contributed by atoms with Crippen LogP contribution in [0, 0.1) is 5.82 Å². The van der Waals surface area contributed by atoms with E-state index in [4.69, 9.17) is 4.74 Å². The number of benzene rings is 2. The van der Waals surface area contributed by atoms with Crippen molar-refractivity contribution in [3.05, 3.63) is 53.8 Å². The molecule has 7 heteroatoms. The Bertz CT molecular complexity index is 862. The SMILES string of the molecule is O=C(Nc1n[nH]c2ccc(OCCCCF)cc12)c1ccc(F)cc1. The molecule has 130 valence electrons. The maximum Gasteiger partial charge on any atom is 0.256 e. The van der Waals surface area contributed by atoms with Crippen molar-refractivity contribution in [1.29, 1.82) is 0 Å². The Kier molecular flexibility index (Phi) is 5.23. The minimum Gasteiger partial charge on any atom is -0.494 e. The van der Waals surface area contributed by atoms with Crippen molar-refractivity contribution in [2.45, 2.75) is 12.8 Å². The minimum atomic E-state index is -0.406. The number of nitrogens with one attached hydrogen (secondary N) is 2. The quantitative estimate of drug-likeness (QED) is 0.634. The molecule has 3 rings (SSSR count). The molecule has 0 aliphatic carbocycles. The maximum atomic E-state index is 12.9. The van der Waals surface area contributed by atoms with Crippen molar-refractivity contribution in [3.8, 4) is 5.75 Å². The normalized spacial score (nSPS) is 10.8. The predicted molar refractivity (Wildman–Crippen MR) is 91.2 cm³/mol. The van der Waals surface area contributed by atoms with Crippen LogP contribution in [0.3, 0.4) is 0 Å². The number of H-pyrrole nitrogens is 1. The largest absolute Gasteiger partial charge is 0.494 e. The number of aromatic nitrogens is 2. The summed E-state index contributed by atoms with van der Waals surface area (Å²) >= 11 is 0. The number of hydrogen-bond acceptors (Lipinski definition) is 3. The standard InChI is InChI=1S/C18H17F2N3O2/c19-9-1-2-10-25-14-7-8-16-15(11-14)17(23-22-16)21-18(24)12-3-5-13(20)6-4-12/h3-8,11H,1-2,9-10H2,(H2,21,22,23,24). The zero-order valence-electron chi connectivity index (χ0n) is 13.4. The van der Waals surface area contributed by atoms with Gasteiger partial charge in [0.05, 0.1) is 18.8 Å². The Morgan fingerprint density at radius 1 is 1.16 bits per heavy atom. The van der Waals surface area contributed by atoms with E-state index in [2.05, 4.69) is 15.5 Å². The van der Waals surface area contributed by atoms with Crippen LogP contribution in [0.1, 0.15) is 23.2 Å². The molecular weight excluding hydrogens is 328 g/mol. The molecule has 1 heterocycles. The monoisotopic (exact) mass is 345 g/mol. The van der Waals surface area contributed by atoms with Gasteiger partial charge in [0.1, 0.15) is 11.6 Å². The number of carbonyl (C=O) groups is 1. The molecule has 25 heavy (non-hydrogen) atoms. The lowest BCUT2D eigenvalue weighted by Gasteiger charge is -2.06. The van der Waals surface area contributed by atoms with E-state index in [1.54, 1.807) is 18.2 Å². The van der Waals surface area contributed by atoms with Crippen molar-refractivity contribution < 1.29 is 18.3 Å². The number of fused-ring (bicyclic) bond motifs is 1. The van der Waals surface area contributed by atoms with Crippen LogP contribution in [0.2, 0.25) is 0 Å². The maximum absolute atomic E-state index is 12.9. The van der Waals surface area contributed by atoms with Crippen molar-refractivity contribution in [2.75, 3.05) is 18.6 Å². The molecule has 0 saturated heterocycles. The van der Waals surface area contributed by atoms with Gasteiger partial charge in [0, 0.05) is 10.9 Å². The van der Waals surface area contributed by atoms with Gasteiger partial charge >= 0.3 is 0 Å². The van der Waals surface area contributed by atoms with Crippen LogP contribution >= 0.6 is 0 Å². The number of rotatable bonds is 7. The van der Waals surface area contributed by atoms with E-state index in [0.717, 1.165) is 5.52 Å². The van der Waals surface area contributed by atoms with Crippen LogP contribution in [0.15, 0.2) is 42.5 Å². The number of anilines is 1. The zero-order valence-corrected chi connectivity index (χ0v) is 13.4. The lowest BCUT2D eigenvalue weighted by molar-refractivity contribution is 0.102. The molecule has 0 saturated carbocycles. The summed E-state index contributed by atoms with van der Waals surface area (Å²) in [5, 5.41) is 10.3. The van der Waals surface area contributed by atoms with Crippen LogP contribution in [-0.2, 0) is 0 Å². The number of halogens is 2. The molecule has 1 amide bonds. The number of ether oxygens (including phenoxy) is 1. The summed E-state index contributed by atoms with van der Waals surface area (Å²) in [6, 6.07) is 10.6. The van der Waals surface area contributed by atoms with E-state index in [9.17, 15) is 13.6 Å². The van der Waals surface area contributed by atoms with E-state index < -0.39 is 5.82 Å². The molecule has 2 aromatic carbocycles.